The van der Waals surface area contributed by atoms with Crippen LogP contribution in [0, 0.1) is 11.6 Å². The van der Waals surface area contributed by atoms with Gasteiger partial charge >= 0.3 is 5.97 Å². The molecule has 3 aromatic rings. The van der Waals surface area contributed by atoms with Crippen LogP contribution in [0.15, 0.2) is 47.1 Å². The molecule has 0 saturated heterocycles. The van der Waals surface area contributed by atoms with E-state index in [1.54, 1.807) is 6.20 Å². The van der Waals surface area contributed by atoms with Crippen LogP contribution in [0.3, 0.4) is 0 Å². The summed E-state index contributed by atoms with van der Waals surface area (Å²) in [5.41, 5.74) is 1.08. The predicted molar refractivity (Wildman–Crippen MR) is 96.1 cm³/mol. The second-order valence-electron chi connectivity index (χ2n) is 5.73. The molecule has 0 aliphatic carbocycles. The maximum Gasteiger partial charge on any atom is 0.313 e. The van der Waals surface area contributed by atoms with Crippen molar-refractivity contribution in [2.45, 2.75) is 12.3 Å². The highest BCUT2D eigenvalue weighted by Gasteiger charge is 2.29. The van der Waals surface area contributed by atoms with Gasteiger partial charge < -0.3 is 9.72 Å². The number of esters is 1. The van der Waals surface area contributed by atoms with E-state index in [0.29, 0.717) is 11.6 Å². The van der Waals surface area contributed by atoms with E-state index in [0.717, 1.165) is 27.5 Å². The fourth-order valence-electron chi connectivity index (χ4n) is 2.91. The second kappa shape index (κ2) is 7.37. The van der Waals surface area contributed by atoms with E-state index in [9.17, 15) is 18.4 Å². The maximum atomic E-state index is 13.9. The SMILES string of the molecule is COC(=O)C(CC(=O)c1ccc(F)cc1F)c1c[nH]c2cccc(Br)c12. The number of ether oxygens (including phenoxy) is 1. The van der Waals surface area contributed by atoms with Gasteiger partial charge in [-0.15, -0.1) is 0 Å². The van der Waals surface area contributed by atoms with Crippen LogP contribution in [0.5, 0.6) is 0 Å². The summed E-state index contributed by atoms with van der Waals surface area (Å²) in [6, 6.07) is 8.20. The summed E-state index contributed by atoms with van der Waals surface area (Å²) in [6.45, 7) is 0. The van der Waals surface area contributed by atoms with Crippen LogP contribution < -0.4 is 0 Å². The van der Waals surface area contributed by atoms with E-state index in [1.807, 2.05) is 18.2 Å². The Balaban J connectivity index is 2.01. The number of ketones is 1. The molecule has 0 bridgehead atoms. The fraction of sp³-hybridized carbons (Fsp3) is 0.158. The van der Waals surface area contributed by atoms with E-state index >= 15 is 0 Å². The lowest BCUT2D eigenvalue weighted by Crippen LogP contribution is -2.19. The average Bonchev–Trinajstić information content (AvgIpc) is 3.04. The highest BCUT2D eigenvalue weighted by atomic mass is 79.9. The summed E-state index contributed by atoms with van der Waals surface area (Å²) in [6.07, 6.45) is 1.33. The highest BCUT2D eigenvalue weighted by molar-refractivity contribution is 9.10. The number of fused-ring (bicyclic) bond motifs is 1. The molecule has 0 saturated carbocycles. The maximum absolute atomic E-state index is 13.9. The zero-order valence-corrected chi connectivity index (χ0v) is 15.3. The van der Waals surface area contributed by atoms with E-state index in [2.05, 4.69) is 20.9 Å². The van der Waals surface area contributed by atoms with E-state index in [-0.39, 0.29) is 12.0 Å². The van der Waals surface area contributed by atoms with Crippen molar-refractivity contribution in [3.63, 3.8) is 0 Å². The van der Waals surface area contributed by atoms with Crippen molar-refractivity contribution >= 4 is 38.6 Å². The zero-order valence-electron chi connectivity index (χ0n) is 13.7. The fourth-order valence-corrected chi connectivity index (χ4v) is 3.51. The van der Waals surface area contributed by atoms with Crippen LogP contribution in [0.1, 0.15) is 28.3 Å². The predicted octanol–water partition coefficient (Wildman–Crippen LogP) is 4.74. The molecule has 1 unspecified atom stereocenters. The standard InChI is InChI=1S/C19H14BrF2NO3/c1-26-19(25)12(8-17(24)11-6-5-10(21)7-15(11)22)13-9-23-16-4-2-3-14(20)18(13)16/h2-7,9,12,23H,8H2,1H3. The molecule has 0 spiro atoms. The van der Waals surface area contributed by atoms with Gasteiger partial charge in [0.15, 0.2) is 5.78 Å². The van der Waals surface area contributed by atoms with Gasteiger partial charge in [0.2, 0.25) is 0 Å². The summed E-state index contributed by atoms with van der Waals surface area (Å²) in [7, 11) is 1.22. The van der Waals surface area contributed by atoms with Gasteiger partial charge in [-0.05, 0) is 29.8 Å². The Kier molecular flexibility index (Phi) is 5.18. The lowest BCUT2D eigenvalue weighted by atomic mass is 9.91. The van der Waals surface area contributed by atoms with Crippen LogP contribution in [-0.4, -0.2) is 23.8 Å². The van der Waals surface area contributed by atoms with Gasteiger partial charge in [-0.25, -0.2) is 8.78 Å². The molecule has 1 atom stereocenters. The lowest BCUT2D eigenvalue weighted by Gasteiger charge is -2.14. The van der Waals surface area contributed by atoms with Crippen molar-refractivity contribution in [1.29, 1.82) is 0 Å². The monoisotopic (exact) mass is 421 g/mol. The third-order valence-electron chi connectivity index (χ3n) is 4.17. The molecule has 0 aliphatic rings. The van der Waals surface area contributed by atoms with Gasteiger partial charge in [-0.2, -0.15) is 0 Å². The number of hydrogen-bond donors (Lipinski definition) is 1. The molecule has 0 radical (unpaired) electrons. The van der Waals surface area contributed by atoms with Gasteiger partial charge in [-0.1, -0.05) is 22.0 Å². The Morgan fingerprint density at radius 3 is 2.69 bits per heavy atom. The number of aromatic amines is 1. The van der Waals surface area contributed by atoms with Gasteiger partial charge in [0.25, 0.3) is 0 Å². The first-order chi connectivity index (χ1) is 12.4. The molecule has 2 aromatic carbocycles. The quantitative estimate of drug-likeness (QED) is 0.478. The number of hydrogen-bond acceptors (Lipinski definition) is 3. The number of benzene rings is 2. The number of rotatable bonds is 5. The molecule has 3 rings (SSSR count). The highest BCUT2D eigenvalue weighted by Crippen LogP contribution is 2.34. The normalized spacial score (nSPS) is 12.2. The summed E-state index contributed by atoms with van der Waals surface area (Å²) < 4.78 is 32.6. The third kappa shape index (κ3) is 3.39. The third-order valence-corrected chi connectivity index (χ3v) is 4.83. The minimum atomic E-state index is -0.960. The zero-order chi connectivity index (χ0) is 18.8. The number of methoxy groups -OCH3 is 1. The Morgan fingerprint density at radius 1 is 1.23 bits per heavy atom. The van der Waals surface area contributed by atoms with Crippen molar-refractivity contribution in [3.8, 4) is 0 Å². The smallest absolute Gasteiger partial charge is 0.313 e. The summed E-state index contributed by atoms with van der Waals surface area (Å²) in [5.74, 6) is -3.89. The van der Waals surface area contributed by atoms with Crippen molar-refractivity contribution in [2.24, 2.45) is 0 Å². The van der Waals surface area contributed by atoms with Gasteiger partial charge in [0.05, 0.1) is 18.6 Å². The Labute approximate surface area is 156 Å². The summed E-state index contributed by atoms with van der Waals surface area (Å²) >= 11 is 3.44. The van der Waals surface area contributed by atoms with E-state index in [1.165, 1.54) is 7.11 Å². The molecular formula is C19H14BrF2NO3. The number of halogens is 3. The van der Waals surface area contributed by atoms with Gasteiger partial charge in [0.1, 0.15) is 11.6 Å². The number of H-pyrrole nitrogens is 1. The average molecular weight is 422 g/mol. The Morgan fingerprint density at radius 2 is 2.00 bits per heavy atom. The van der Waals surface area contributed by atoms with Gasteiger partial charge in [-0.3, -0.25) is 9.59 Å². The van der Waals surface area contributed by atoms with Crippen LogP contribution in [0.4, 0.5) is 8.78 Å². The van der Waals surface area contributed by atoms with Crippen molar-refractivity contribution in [1.82, 2.24) is 4.98 Å². The number of carbonyl (C=O) groups is 2. The molecule has 4 nitrogen and oxygen atoms in total. The van der Waals surface area contributed by atoms with Crippen LogP contribution in [-0.2, 0) is 9.53 Å². The number of carbonyl (C=O) groups excluding carboxylic acids is 2. The first-order valence-electron chi connectivity index (χ1n) is 7.74. The minimum absolute atomic E-state index is 0.265. The molecular weight excluding hydrogens is 408 g/mol. The van der Waals surface area contributed by atoms with E-state index in [4.69, 9.17) is 4.74 Å². The molecule has 1 aromatic heterocycles. The number of Topliss-reactive ketones (excluding diaryl/α,β-unsaturated/α-hetero) is 1. The van der Waals surface area contributed by atoms with Crippen molar-refractivity contribution < 1.29 is 23.1 Å². The van der Waals surface area contributed by atoms with Crippen LogP contribution in [0.2, 0.25) is 0 Å². The number of nitrogens with one attached hydrogen (secondary N) is 1. The molecule has 26 heavy (non-hydrogen) atoms. The number of aromatic nitrogens is 1. The Hall–Kier alpha value is -2.54. The van der Waals surface area contributed by atoms with Gasteiger partial charge in [0, 0.05) is 34.1 Å². The van der Waals surface area contributed by atoms with Crippen LogP contribution in [0.25, 0.3) is 10.9 Å². The van der Waals surface area contributed by atoms with Crippen molar-refractivity contribution in [3.05, 3.63) is 69.8 Å². The van der Waals surface area contributed by atoms with E-state index < -0.39 is 29.3 Å². The molecule has 134 valence electrons. The molecule has 0 aliphatic heterocycles. The molecule has 1 N–H and O–H groups in total. The Bertz CT molecular complexity index is 1000. The minimum Gasteiger partial charge on any atom is -0.469 e. The summed E-state index contributed by atoms with van der Waals surface area (Å²) in [5, 5.41) is 0.746. The summed E-state index contributed by atoms with van der Waals surface area (Å²) in [4.78, 5) is 27.9. The molecule has 0 amide bonds. The van der Waals surface area contributed by atoms with Crippen molar-refractivity contribution in [2.75, 3.05) is 7.11 Å². The molecule has 0 fully saturated rings. The largest absolute Gasteiger partial charge is 0.469 e. The second-order valence-corrected chi connectivity index (χ2v) is 6.59. The lowest BCUT2D eigenvalue weighted by molar-refractivity contribution is -0.142. The molecule has 1 heterocycles. The molecule has 7 heteroatoms. The first-order valence-corrected chi connectivity index (χ1v) is 8.53. The first kappa shape index (κ1) is 18.3. The van der Waals surface area contributed by atoms with Crippen LogP contribution >= 0.6 is 15.9 Å². The topological polar surface area (TPSA) is 59.2 Å².